The van der Waals surface area contributed by atoms with Crippen molar-refractivity contribution in [1.82, 2.24) is 0 Å². The van der Waals surface area contributed by atoms with Gasteiger partial charge in [-0.3, -0.25) is 14.4 Å². The Hall–Kier alpha value is -3.93. The predicted octanol–water partition coefficient (Wildman–Crippen LogP) is 24.6. The Kier molecular flexibility index (Phi) is 67.2. The summed E-state index contributed by atoms with van der Waals surface area (Å²) in [6.45, 7) is 6.54. The van der Waals surface area contributed by atoms with Crippen LogP contribution in [-0.4, -0.2) is 37.2 Å². The first-order chi connectivity index (χ1) is 41.0. The van der Waals surface area contributed by atoms with Crippen LogP contribution < -0.4 is 0 Å². The molecule has 0 aromatic carbocycles. The summed E-state index contributed by atoms with van der Waals surface area (Å²) in [7, 11) is 0. The summed E-state index contributed by atoms with van der Waals surface area (Å²) in [4.78, 5) is 38.4. The van der Waals surface area contributed by atoms with Gasteiger partial charge in [0.15, 0.2) is 6.10 Å². The van der Waals surface area contributed by atoms with Crippen LogP contribution in [0.25, 0.3) is 0 Å². The van der Waals surface area contributed by atoms with Gasteiger partial charge in [-0.15, -0.1) is 0 Å². The van der Waals surface area contributed by atoms with Gasteiger partial charge in [-0.1, -0.05) is 304 Å². The van der Waals surface area contributed by atoms with E-state index in [0.29, 0.717) is 19.3 Å². The molecule has 0 heterocycles. The van der Waals surface area contributed by atoms with E-state index < -0.39 is 6.10 Å². The number of hydrogen-bond acceptors (Lipinski definition) is 6. The lowest BCUT2D eigenvalue weighted by Gasteiger charge is -2.18. The predicted molar refractivity (Wildman–Crippen MR) is 362 cm³/mol. The SMILES string of the molecule is CC/C=C\C/C=C\C/C=C\C/C=C\C/C=C\C/C=C\C/C=C\CCCCCCCCCCCC(=O)OCC(COC(=O)CCCCCCC/C=C\CCCCCCCCC)OC(=O)CCCCCCCCC/C=C\CCCCCCCCC. The van der Waals surface area contributed by atoms with E-state index in [2.05, 4.69) is 130 Å². The summed E-state index contributed by atoms with van der Waals surface area (Å²) < 4.78 is 17.0. The highest BCUT2D eigenvalue weighted by Gasteiger charge is 2.19. The minimum absolute atomic E-state index is 0.0842. The molecule has 1 unspecified atom stereocenters. The van der Waals surface area contributed by atoms with E-state index in [0.717, 1.165) is 116 Å². The zero-order chi connectivity index (χ0) is 59.9. The van der Waals surface area contributed by atoms with Crippen molar-refractivity contribution < 1.29 is 28.6 Å². The van der Waals surface area contributed by atoms with Crippen LogP contribution in [0.2, 0.25) is 0 Å². The minimum atomic E-state index is -0.789. The van der Waals surface area contributed by atoms with E-state index in [1.165, 1.54) is 186 Å². The van der Waals surface area contributed by atoms with Crippen LogP contribution in [0.15, 0.2) is 109 Å². The van der Waals surface area contributed by atoms with E-state index in [1.54, 1.807) is 0 Å². The molecule has 0 aliphatic carbocycles. The Labute approximate surface area is 514 Å². The van der Waals surface area contributed by atoms with Gasteiger partial charge in [0.2, 0.25) is 0 Å². The number of hydrogen-bond donors (Lipinski definition) is 0. The van der Waals surface area contributed by atoms with Crippen molar-refractivity contribution in [2.45, 2.75) is 348 Å². The molecule has 6 heteroatoms. The Morgan fingerprint density at radius 1 is 0.253 bits per heavy atom. The highest BCUT2D eigenvalue weighted by Crippen LogP contribution is 2.16. The van der Waals surface area contributed by atoms with E-state index in [9.17, 15) is 14.4 Å². The average Bonchev–Trinajstić information content (AvgIpc) is 3.49. The normalized spacial score (nSPS) is 12.8. The van der Waals surface area contributed by atoms with Crippen molar-refractivity contribution in [2.75, 3.05) is 13.2 Å². The first-order valence-electron chi connectivity index (χ1n) is 35.4. The maximum Gasteiger partial charge on any atom is 0.306 e. The second kappa shape index (κ2) is 70.6. The molecule has 0 spiro atoms. The molecule has 1 atom stereocenters. The molecule has 476 valence electrons. The van der Waals surface area contributed by atoms with Gasteiger partial charge < -0.3 is 14.2 Å². The first-order valence-corrected chi connectivity index (χ1v) is 35.4. The maximum absolute atomic E-state index is 12.9. The molecule has 0 bridgehead atoms. The summed E-state index contributed by atoms with van der Waals surface area (Å²) in [6, 6.07) is 0. The van der Waals surface area contributed by atoms with Gasteiger partial charge in [0.1, 0.15) is 13.2 Å². The molecule has 0 saturated heterocycles. The molecule has 0 fully saturated rings. The van der Waals surface area contributed by atoms with Crippen molar-refractivity contribution in [2.24, 2.45) is 0 Å². The third kappa shape index (κ3) is 68.7. The Morgan fingerprint density at radius 3 is 0.747 bits per heavy atom. The van der Waals surface area contributed by atoms with E-state index in [1.807, 2.05) is 0 Å². The lowest BCUT2D eigenvalue weighted by Crippen LogP contribution is -2.30. The fourth-order valence-corrected chi connectivity index (χ4v) is 9.94. The number of allylic oxidation sites excluding steroid dienone is 18. The Bertz CT molecular complexity index is 1660. The lowest BCUT2D eigenvalue weighted by molar-refractivity contribution is -0.167. The first kappa shape index (κ1) is 79.1. The van der Waals surface area contributed by atoms with Crippen LogP contribution >= 0.6 is 0 Å². The molecule has 0 radical (unpaired) electrons. The zero-order valence-electron chi connectivity index (χ0n) is 54.7. The van der Waals surface area contributed by atoms with Crippen molar-refractivity contribution in [3.8, 4) is 0 Å². The number of carbonyl (C=O) groups excluding carboxylic acids is 3. The standard InChI is InChI=1S/C77H132O6/c1-4-7-10-13-16-19-22-25-28-31-33-34-35-36-37-38-39-40-41-42-43-44-45-47-49-52-55-58-61-64-67-70-76(79)82-73-74(72-81-75(78)69-66-63-60-57-54-51-48-30-27-24-21-18-15-12-9-6-3)83-77(80)71-68-65-62-59-56-53-50-46-32-29-26-23-20-17-14-11-8-5-2/h7,10,16,19,25,28-30,32-34,36-37,39-40,42-43,48,74H,4-6,8-9,11-15,17-18,20-24,26-27,31,35,38,41,44-47,49-73H2,1-3H3/b10-7-,19-16-,28-25-,32-29-,34-33-,37-36-,40-39-,43-42-,48-30-. The largest absolute Gasteiger partial charge is 0.462 e. The topological polar surface area (TPSA) is 78.9 Å². The van der Waals surface area contributed by atoms with Crippen LogP contribution in [0.3, 0.4) is 0 Å². The Morgan fingerprint density at radius 2 is 0.470 bits per heavy atom. The van der Waals surface area contributed by atoms with Crippen LogP contribution in [0.4, 0.5) is 0 Å². The van der Waals surface area contributed by atoms with Crippen LogP contribution in [0, 0.1) is 0 Å². The molecule has 0 aromatic rings. The molecule has 6 nitrogen and oxygen atoms in total. The molecule has 0 saturated carbocycles. The molecule has 0 aromatic heterocycles. The second-order valence-electron chi connectivity index (χ2n) is 23.4. The fraction of sp³-hybridized carbons (Fsp3) is 0.727. The molecular formula is C77H132O6. The monoisotopic (exact) mass is 1150 g/mol. The zero-order valence-corrected chi connectivity index (χ0v) is 54.7. The van der Waals surface area contributed by atoms with Crippen LogP contribution in [0.5, 0.6) is 0 Å². The van der Waals surface area contributed by atoms with Gasteiger partial charge in [-0.05, 0) is 128 Å². The van der Waals surface area contributed by atoms with Crippen molar-refractivity contribution in [1.29, 1.82) is 0 Å². The van der Waals surface area contributed by atoms with Crippen LogP contribution in [-0.2, 0) is 28.6 Å². The molecule has 0 aliphatic heterocycles. The van der Waals surface area contributed by atoms with Gasteiger partial charge in [-0.2, -0.15) is 0 Å². The van der Waals surface area contributed by atoms with E-state index in [4.69, 9.17) is 14.2 Å². The highest BCUT2D eigenvalue weighted by atomic mass is 16.6. The van der Waals surface area contributed by atoms with Gasteiger partial charge in [-0.25, -0.2) is 0 Å². The number of rotatable bonds is 64. The third-order valence-corrected chi connectivity index (χ3v) is 15.2. The minimum Gasteiger partial charge on any atom is -0.462 e. The van der Waals surface area contributed by atoms with Gasteiger partial charge in [0, 0.05) is 19.3 Å². The summed E-state index contributed by atoms with van der Waals surface area (Å²) in [5.74, 6) is -0.889. The molecular weight excluding hydrogens is 1020 g/mol. The smallest absolute Gasteiger partial charge is 0.306 e. The molecule has 0 N–H and O–H groups in total. The average molecular weight is 1150 g/mol. The number of unbranched alkanes of at least 4 members (excludes halogenated alkanes) is 35. The summed E-state index contributed by atoms with van der Waals surface area (Å²) >= 11 is 0. The van der Waals surface area contributed by atoms with Crippen molar-refractivity contribution in [3.05, 3.63) is 109 Å². The highest BCUT2D eigenvalue weighted by molar-refractivity contribution is 5.71. The molecule has 0 rings (SSSR count). The Balaban J connectivity index is 4.33. The summed E-state index contributed by atoms with van der Waals surface area (Å²) in [5.41, 5.74) is 0. The van der Waals surface area contributed by atoms with Gasteiger partial charge in [0.05, 0.1) is 0 Å². The summed E-state index contributed by atoms with van der Waals surface area (Å²) in [5, 5.41) is 0. The van der Waals surface area contributed by atoms with Gasteiger partial charge >= 0.3 is 17.9 Å². The molecule has 0 amide bonds. The summed E-state index contributed by atoms with van der Waals surface area (Å²) in [6.07, 6.45) is 96.8. The molecule has 83 heavy (non-hydrogen) atoms. The maximum atomic E-state index is 12.9. The number of ether oxygens (including phenoxy) is 3. The fourth-order valence-electron chi connectivity index (χ4n) is 9.94. The van der Waals surface area contributed by atoms with Crippen molar-refractivity contribution >= 4 is 17.9 Å². The van der Waals surface area contributed by atoms with E-state index in [-0.39, 0.29) is 31.1 Å². The lowest BCUT2D eigenvalue weighted by atomic mass is 10.1. The third-order valence-electron chi connectivity index (χ3n) is 15.2. The number of esters is 3. The van der Waals surface area contributed by atoms with Gasteiger partial charge in [0.25, 0.3) is 0 Å². The van der Waals surface area contributed by atoms with E-state index >= 15 is 0 Å². The van der Waals surface area contributed by atoms with Crippen LogP contribution in [0.1, 0.15) is 342 Å². The number of carbonyl (C=O) groups is 3. The molecule has 0 aliphatic rings. The van der Waals surface area contributed by atoms with Crippen molar-refractivity contribution in [3.63, 3.8) is 0 Å². The quantitative estimate of drug-likeness (QED) is 0.0261. The second-order valence-corrected chi connectivity index (χ2v) is 23.4.